The number of benzene rings is 2. The molecule has 4 rings (SSSR count). The third kappa shape index (κ3) is 3.81. The summed E-state index contributed by atoms with van der Waals surface area (Å²) in [5.74, 6) is -0.0772. The summed E-state index contributed by atoms with van der Waals surface area (Å²) < 4.78 is 1.54. The van der Waals surface area contributed by atoms with Crippen LogP contribution in [0.5, 0.6) is 0 Å². The molecular weight excluding hydrogens is 410 g/mol. The number of anilines is 1. The van der Waals surface area contributed by atoms with E-state index in [1.807, 2.05) is 24.0 Å². The van der Waals surface area contributed by atoms with Crippen LogP contribution in [-0.4, -0.2) is 62.1 Å². The summed E-state index contributed by atoms with van der Waals surface area (Å²) in [5.41, 5.74) is 2.74. The maximum atomic E-state index is 12.9. The fraction of sp³-hybridized carbons (Fsp3) is 0.263. The summed E-state index contributed by atoms with van der Waals surface area (Å²) in [6.45, 7) is 3.82. The quantitative estimate of drug-likeness (QED) is 0.464. The lowest BCUT2D eigenvalue weighted by molar-refractivity contribution is -0.384. The number of aryl methyl sites for hydroxylation is 1. The van der Waals surface area contributed by atoms with E-state index in [0.717, 1.165) is 11.3 Å². The standard InChI is InChI=1S/C19H18ClN7O3/c1-13-10-14(2-4-16(13)26-12-21-22-23-26)19(28)25-8-6-24(7-9-25)17-5-3-15(20)11-18(17)27(29)30/h2-5,10-12H,6-9H2,1H3. The minimum absolute atomic E-state index is 0.0314. The molecule has 1 aliphatic rings. The molecule has 11 heteroatoms. The number of nitro groups is 1. The number of carbonyl (C=O) groups excluding carboxylic acids is 1. The van der Waals surface area contributed by atoms with Gasteiger partial charge >= 0.3 is 0 Å². The molecule has 0 atom stereocenters. The fourth-order valence-electron chi connectivity index (χ4n) is 3.56. The minimum Gasteiger partial charge on any atom is -0.362 e. The fourth-order valence-corrected chi connectivity index (χ4v) is 3.73. The Morgan fingerprint density at radius 3 is 2.47 bits per heavy atom. The largest absolute Gasteiger partial charge is 0.362 e. The Hall–Kier alpha value is -3.53. The van der Waals surface area contributed by atoms with Crippen molar-refractivity contribution in [3.63, 3.8) is 0 Å². The van der Waals surface area contributed by atoms with Crippen LogP contribution in [0.2, 0.25) is 5.02 Å². The van der Waals surface area contributed by atoms with Crippen LogP contribution in [0.25, 0.3) is 5.69 Å². The molecule has 0 spiro atoms. The highest BCUT2D eigenvalue weighted by atomic mass is 35.5. The first-order valence-electron chi connectivity index (χ1n) is 9.26. The molecule has 0 saturated carbocycles. The molecule has 0 bridgehead atoms. The maximum Gasteiger partial charge on any atom is 0.294 e. The van der Waals surface area contributed by atoms with Gasteiger partial charge in [0.05, 0.1) is 10.6 Å². The summed E-state index contributed by atoms with van der Waals surface area (Å²) in [4.78, 5) is 27.5. The van der Waals surface area contributed by atoms with E-state index < -0.39 is 4.92 Å². The Labute approximate surface area is 176 Å². The number of tetrazole rings is 1. The van der Waals surface area contributed by atoms with Crippen LogP contribution in [0.3, 0.4) is 0 Å². The molecule has 0 unspecified atom stereocenters. The number of nitrogens with zero attached hydrogens (tertiary/aromatic N) is 7. The monoisotopic (exact) mass is 427 g/mol. The molecule has 1 saturated heterocycles. The molecule has 0 N–H and O–H groups in total. The Balaban J connectivity index is 1.46. The number of aromatic nitrogens is 4. The first kappa shape index (κ1) is 19.8. The number of halogens is 1. The first-order valence-corrected chi connectivity index (χ1v) is 9.64. The van der Waals surface area contributed by atoms with E-state index >= 15 is 0 Å². The molecule has 10 nitrogen and oxygen atoms in total. The van der Waals surface area contributed by atoms with Gasteiger partial charge in [-0.05, 0) is 53.2 Å². The van der Waals surface area contributed by atoms with E-state index in [-0.39, 0.29) is 11.6 Å². The lowest BCUT2D eigenvalue weighted by Gasteiger charge is -2.36. The summed E-state index contributed by atoms with van der Waals surface area (Å²) >= 11 is 5.90. The Kier molecular flexibility index (Phi) is 5.32. The van der Waals surface area contributed by atoms with Crippen LogP contribution >= 0.6 is 11.6 Å². The second-order valence-electron chi connectivity index (χ2n) is 6.93. The van der Waals surface area contributed by atoms with Gasteiger partial charge in [-0.15, -0.1) is 5.10 Å². The van der Waals surface area contributed by atoms with E-state index in [1.54, 1.807) is 27.8 Å². The van der Waals surface area contributed by atoms with E-state index in [2.05, 4.69) is 15.5 Å². The number of hydrogen-bond acceptors (Lipinski definition) is 7. The van der Waals surface area contributed by atoms with Crippen LogP contribution in [0.15, 0.2) is 42.7 Å². The van der Waals surface area contributed by atoms with Gasteiger partial charge in [0.1, 0.15) is 12.0 Å². The average molecular weight is 428 g/mol. The van der Waals surface area contributed by atoms with Gasteiger partial charge in [0.2, 0.25) is 0 Å². The summed E-state index contributed by atoms with van der Waals surface area (Å²) in [5, 5.41) is 22.8. The highest BCUT2D eigenvalue weighted by molar-refractivity contribution is 6.30. The molecule has 30 heavy (non-hydrogen) atoms. The lowest BCUT2D eigenvalue weighted by atomic mass is 10.1. The van der Waals surface area contributed by atoms with Crippen LogP contribution < -0.4 is 4.90 Å². The van der Waals surface area contributed by atoms with E-state index in [4.69, 9.17) is 11.6 Å². The molecule has 3 aromatic rings. The van der Waals surface area contributed by atoms with Crippen molar-refractivity contribution in [1.29, 1.82) is 0 Å². The number of carbonyl (C=O) groups is 1. The first-order chi connectivity index (χ1) is 14.4. The van der Waals surface area contributed by atoms with Gasteiger partial charge in [-0.25, -0.2) is 4.68 Å². The van der Waals surface area contributed by atoms with E-state index in [0.29, 0.717) is 42.5 Å². The van der Waals surface area contributed by atoms with Crippen molar-refractivity contribution in [1.82, 2.24) is 25.1 Å². The third-order valence-corrected chi connectivity index (χ3v) is 5.32. The average Bonchev–Trinajstić information content (AvgIpc) is 3.28. The van der Waals surface area contributed by atoms with Gasteiger partial charge in [0.15, 0.2) is 0 Å². The zero-order valence-electron chi connectivity index (χ0n) is 16.1. The summed E-state index contributed by atoms with van der Waals surface area (Å²) in [6.07, 6.45) is 1.50. The molecule has 2 aromatic carbocycles. The second-order valence-corrected chi connectivity index (χ2v) is 7.36. The Morgan fingerprint density at radius 2 is 1.83 bits per heavy atom. The van der Waals surface area contributed by atoms with Gasteiger partial charge in [-0.2, -0.15) is 0 Å². The number of rotatable bonds is 4. The summed E-state index contributed by atoms with van der Waals surface area (Å²) in [6, 6.07) is 10.0. The number of amides is 1. The Bertz CT molecular complexity index is 1100. The minimum atomic E-state index is -0.437. The van der Waals surface area contributed by atoms with Crippen LogP contribution in [-0.2, 0) is 0 Å². The summed E-state index contributed by atoms with van der Waals surface area (Å²) in [7, 11) is 0. The maximum absolute atomic E-state index is 12.9. The topological polar surface area (TPSA) is 110 Å². The smallest absolute Gasteiger partial charge is 0.294 e. The molecule has 1 aromatic heterocycles. The molecule has 2 heterocycles. The zero-order chi connectivity index (χ0) is 21.3. The molecule has 0 aliphatic carbocycles. The van der Waals surface area contributed by atoms with Crippen molar-refractivity contribution in [2.75, 3.05) is 31.1 Å². The molecule has 0 radical (unpaired) electrons. The lowest BCUT2D eigenvalue weighted by Crippen LogP contribution is -2.49. The van der Waals surface area contributed by atoms with E-state index in [9.17, 15) is 14.9 Å². The predicted molar refractivity (Wildman–Crippen MR) is 110 cm³/mol. The zero-order valence-corrected chi connectivity index (χ0v) is 16.9. The molecule has 154 valence electrons. The molecular formula is C19H18ClN7O3. The predicted octanol–water partition coefficient (Wildman–Crippen LogP) is 2.49. The molecule has 1 aliphatic heterocycles. The Morgan fingerprint density at radius 1 is 1.10 bits per heavy atom. The normalized spacial score (nSPS) is 14.1. The molecule has 1 amide bonds. The number of hydrogen-bond donors (Lipinski definition) is 0. The van der Waals surface area contributed by atoms with Crippen molar-refractivity contribution in [3.05, 3.63) is 69.0 Å². The number of nitro benzene ring substituents is 1. The third-order valence-electron chi connectivity index (χ3n) is 5.08. The van der Waals surface area contributed by atoms with Gasteiger partial charge in [0, 0.05) is 42.8 Å². The second kappa shape index (κ2) is 8.07. The highest BCUT2D eigenvalue weighted by Crippen LogP contribution is 2.31. The van der Waals surface area contributed by atoms with Gasteiger partial charge < -0.3 is 9.80 Å². The highest BCUT2D eigenvalue weighted by Gasteiger charge is 2.26. The van der Waals surface area contributed by atoms with Crippen molar-refractivity contribution < 1.29 is 9.72 Å². The number of piperazine rings is 1. The van der Waals surface area contributed by atoms with Gasteiger partial charge in [-0.3, -0.25) is 14.9 Å². The van der Waals surface area contributed by atoms with Crippen LogP contribution in [0, 0.1) is 17.0 Å². The SMILES string of the molecule is Cc1cc(C(=O)N2CCN(c3ccc(Cl)cc3[N+](=O)[O-])CC2)ccc1-n1cnnn1. The van der Waals surface area contributed by atoms with Crippen molar-refractivity contribution in [2.24, 2.45) is 0 Å². The van der Waals surface area contributed by atoms with Crippen LogP contribution in [0.4, 0.5) is 11.4 Å². The van der Waals surface area contributed by atoms with Gasteiger partial charge in [0.25, 0.3) is 11.6 Å². The van der Waals surface area contributed by atoms with Crippen molar-refractivity contribution >= 4 is 28.9 Å². The van der Waals surface area contributed by atoms with Crippen molar-refractivity contribution in [2.45, 2.75) is 6.92 Å². The van der Waals surface area contributed by atoms with Crippen molar-refractivity contribution in [3.8, 4) is 5.69 Å². The van der Waals surface area contributed by atoms with E-state index in [1.165, 1.54) is 12.4 Å². The van der Waals surface area contributed by atoms with Gasteiger partial charge in [-0.1, -0.05) is 11.6 Å². The van der Waals surface area contributed by atoms with Crippen LogP contribution in [0.1, 0.15) is 15.9 Å². The molecule has 1 fully saturated rings.